The van der Waals surface area contributed by atoms with Crippen molar-refractivity contribution in [3.63, 3.8) is 0 Å². The van der Waals surface area contributed by atoms with Crippen molar-refractivity contribution < 1.29 is 14.3 Å². The second-order valence-electron chi connectivity index (χ2n) is 5.79. The molecule has 0 bridgehead atoms. The highest BCUT2D eigenvalue weighted by Crippen LogP contribution is 2.34. The summed E-state index contributed by atoms with van der Waals surface area (Å²) in [6.45, 7) is 0.853. The minimum absolute atomic E-state index is 0.101. The summed E-state index contributed by atoms with van der Waals surface area (Å²) in [6, 6.07) is 15.0. The maximum absolute atomic E-state index is 12.3. The maximum Gasteiger partial charge on any atom is 0.339 e. The highest BCUT2D eigenvalue weighted by Gasteiger charge is 2.22. The van der Waals surface area contributed by atoms with E-state index in [1.165, 1.54) is 12.7 Å². The molecule has 1 aliphatic rings. The van der Waals surface area contributed by atoms with Crippen LogP contribution in [0.15, 0.2) is 48.5 Å². The van der Waals surface area contributed by atoms with Crippen molar-refractivity contribution in [2.45, 2.75) is 18.8 Å². The smallest absolute Gasteiger partial charge is 0.339 e. The van der Waals surface area contributed by atoms with Gasteiger partial charge in [0.2, 0.25) is 5.91 Å². The van der Waals surface area contributed by atoms with Gasteiger partial charge in [0.1, 0.15) is 0 Å². The fraction of sp³-hybridized carbons (Fsp3) is 0.263. The lowest BCUT2D eigenvalue weighted by Crippen LogP contribution is -2.16. The van der Waals surface area contributed by atoms with E-state index in [0.717, 1.165) is 18.7 Å². The number of anilines is 2. The van der Waals surface area contributed by atoms with Crippen LogP contribution >= 0.6 is 0 Å². The van der Waals surface area contributed by atoms with Crippen molar-refractivity contribution in [1.29, 1.82) is 0 Å². The quantitative estimate of drug-likeness (QED) is 0.827. The Morgan fingerprint density at radius 3 is 2.75 bits per heavy atom. The monoisotopic (exact) mass is 324 g/mol. The molecule has 1 atom stereocenters. The summed E-state index contributed by atoms with van der Waals surface area (Å²) in [7, 11) is 1.32. The zero-order valence-corrected chi connectivity index (χ0v) is 13.5. The largest absolute Gasteiger partial charge is 0.465 e. The molecule has 0 saturated heterocycles. The molecule has 5 nitrogen and oxygen atoms in total. The fourth-order valence-corrected chi connectivity index (χ4v) is 3.01. The number of fused-ring (bicyclic) bond motifs is 1. The summed E-state index contributed by atoms with van der Waals surface area (Å²) in [5, 5.41) is 6.18. The molecule has 1 heterocycles. The second-order valence-corrected chi connectivity index (χ2v) is 5.79. The Balaban J connectivity index is 1.61. The van der Waals surface area contributed by atoms with Crippen LogP contribution in [0.5, 0.6) is 0 Å². The van der Waals surface area contributed by atoms with Crippen LogP contribution < -0.4 is 10.6 Å². The minimum Gasteiger partial charge on any atom is -0.465 e. The molecule has 0 fully saturated rings. The van der Waals surface area contributed by atoms with Crippen molar-refractivity contribution in [3.05, 3.63) is 59.7 Å². The van der Waals surface area contributed by atoms with Gasteiger partial charge < -0.3 is 15.4 Å². The van der Waals surface area contributed by atoms with Crippen molar-refractivity contribution in [2.24, 2.45) is 0 Å². The molecule has 2 N–H and O–H groups in total. The van der Waals surface area contributed by atoms with Gasteiger partial charge in [0.15, 0.2) is 0 Å². The van der Waals surface area contributed by atoms with E-state index in [-0.39, 0.29) is 5.91 Å². The molecule has 1 aliphatic heterocycles. The van der Waals surface area contributed by atoms with E-state index in [1.807, 2.05) is 12.1 Å². The molecule has 0 spiro atoms. The van der Waals surface area contributed by atoms with E-state index in [9.17, 15) is 9.59 Å². The van der Waals surface area contributed by atoms with Gasteiger partial charge in [-0.2, -0.15) is 0 Å². The summed E-state index contributed by atoms with van der Waals surface area (Å²) in [5.74, 6) is -0.224. The van der Waals surface area contributed by atoms with Gasteiger partial charge in [0, 0.05) is 24.6 Å². The van der Waals surface area contributed by atoms with Crippen molar-refractivity contribution in [3.8, 4) is 0 Å². The Morgan fingerprint density at radius 2 is 1.92 bits per heavy atom. The first-order chi connectivity index (χ1) is 11.7. The average molecular weight is 324 g/mol. The van der Waals surface area contributed by atoms with Crippen LogP contribution in [0, 0.1) is 0 Å². The van der Waals surface area contributed by atoms with Gasteiger partial charge in [-0.1, -0.05) is 30.3 Å². The third-order valence-electron chi connectivity index (χ3n) is 4.27. The zero-order valence-electron chi connectivity index (χ0n) is 13.5. The van der Waals surface area contributed by atoms with Gasteiger partial charge in [0.05, 0.1) is 18.4 Å². The van der Waals surface area contributed by atoms with Gasteiger partial charge in [-0.05, 0) is 30.2 Å². The van der Waals surface area contributed by atoms with E-state index in [2.05, 4.69) is 22.8 Å². The SMILES string of the molecule is COC(=O)c1ccccc1NC(=O)CCC1CNc2ccccc21. The molecule has 0 aliphatic carbocycles. The van der Waals surface area contributed by atoms with E-state index in [4.69, 9.17) is 4.74 Å². The molecular weight excluding hydrogens is 304 g/mol. The third-order valence-corrected chi connectivity index (χ3v) is 4.27. The standard InChI is InChI=1S/C19H20N2O3/c1-24-19(23)15-7-3-5-9-17(15)21-18(22)11-10-13-12-20-16-8-4-2-6-14(13)16/h2-9,13,20H,10-12H2,1H3,(H,21,22). The summed E-state index contributed by atoms with van der Waals surface area (Å²) in [5.41, 5.74) is 3.26. The van der Waals surface area contributed by atoms with Gasteiger partial charge in [-0.25, -0.2) is 4.79 Å². The molecule has 3 rings (SSSR count). The third kappa shape index (κ3) is 3.40. The number of amides is 1. The van der Waals surface area contributed by atoms with E-state index in [0.29, 0.717) is 23.6 Å². The Bertz CT molecular complexity index is 758. The number of hydrogen-bond donors (Lipinski definition) is 2. The summed E-state index contributed by atoms with van der Waals surface area (Å²) < 4.78 is 4.74. The van der Waals surface area contributed by atoms with Crippen LogP contribution in [0.2, 0.25) is 0 Å². The first kappa shape index (κ1) is 16.1. The van der Waals surface area contributed by atoms with Crippen LogP contribution in [0.1, 0.15) is 34.7 Å². The average Bonchev–Trinajstić information content (AvgIpc) is 3.03. The second kappa shape index (κ2) is 7.17. The number of carbonyl (C=O) groups excluding carboxylic acids is 2. The van der Waals surface area contributed by atoms with Gasteiger partial charge in [-0.3, -0.25) is 4.79 Å². The van der Waals surface area contributed by atoms with E-state index < -0.39 is 5.97 Å². The van der Waals surface area contributed by atoms with Crippen LogP contribution in [0.3, 0.4) is 0 Å². The van der Waals surface area contributed by atoms with Crippen LogP contribution in [0.25, 0.3) is 0 Å². The van der Waals surface area contributed by atoms with Crippen molar-refractivity contribution >= 4 is 23.3 Å². The summed E-state index contributed by atoms with van der Waals surface area (Å²) in [4.78, 5) is 24.0. The van der Waals surface area contributed by atoms with Crippen molar-refractivity contribution in [2.75, 3.05) is 24.3 Å². The number of benzene rings is 2. The van der Waals surface area contributed by atoms with E-state index >= 15 is 0 Å². The lowest BCUT2D eigenvalue weighted by Gasteiger charge is -2.12. The fourth-order valence-electron chi connectivity index (χ4n) is 3.01. The predicted molar refractivity (Wildman–Crippen MR) is 93.3 cm³/mol. The van der Waals surface area contributed by atoms with Crippen LogP contribution in [-0.2, 0) is 9.53 Å². The lowest BCUT2D eigenvalue weighted by molar-refractivity contribution is -0.116. The summed E-state index contributed by atoms with van der Waals surface area (Å²) >= 11 is 0. The molecular formula is C19H20N2O3. The van der Waals surface area contributed by atoms with E-state index in [1.54, 1.807) is 24.3 Å². The molecule has 0 saturated carbocycles. The highest BCUT2D eigenvalue weighted by atomic mass is 16.5. The number of para-hydroxylation sites is 2. The first-order valence-electron chi connectivity index (χ1n) is 7.99. The predicted octanol–water partition coefficient (Wildman–Crippen LogP) is 3.40. The normalized spacial score (nSPS) is 15.3. The number of carbonyl (C=O) groups is 2. The number of methoxy groups -OCH3 is 1. The molecule has 124 valence electrons. The molecule has 5 heteroatoms. The topological polar surface area (TPSA) is 67.4 Å². The number of ether oxygens (including phenoxy) is 1. The summed E-state index contributed by atoms with van der Waals surface area (Å²) in [6.07, 6.45) is 1.16. The maximum atomic E-state index is 12.3. The van der Waals surface area contributed by atoms with Gasteiger partial charge >= 0.3 is 5.97 Å². The molecule has 24 heavy (non-hydrogen) atoms. The number of esters is 1. The molecule has 0 aromatic heterocycles. The molecule has 1 amide bonds. The molecule has 0 radical (unpaired) electrons. The molecule has 1 unspecified atom stereocenters. The van der Waals surface area contributed by atoms with Crippen LogP contribution in [-0.4, -0.2) is 25.5 Å². The van der Waals surface area contributed by atoms with Crippen molar-refractivity contribution in [1.82, 2.24) is 0 Å². The molecule has 2 aromatic carbocycles. The van der Waals surface area contributed by atoms with Crippen LogP contribution in [0.4, 0.5) is 11.4 Å². The zero-order chi connectivity index (χ0) is 16.9. The Hall–Kier alpha value is -2.82. The minimum atomic E-state index is -0.458. The molecule has 2 aromatic rings. The van der Waals surface area contributed by atoms with Gasteiger partial charge in [0.25, 0.3) is 0 Å². The first-order valence-corrected chi connectivity index (χ1v) is 7.99. The number of rotatable bonds is 5. The Kier molecular flexibility index (Phi) is 4.79. The number of nitrogens with one attached hydrogen (secondary N) is 2. The van der Waals surface area contributed by atoms with Gasteiger partial charge in [-0.15, -0.1) is 0 Å². The lowest BCUT2D eigenvalue weighted by atomic mass is 9.96. The Morgan fingerprint density at radius 1 is 1.17 bits per heavy atom. The Labute approximate surface area is 141 Å². The highest BCUT2D eigenvalue weighted by molar-refractivity contribution is 6.01. The number of hydrogen-bond acceptors (Lipinski definition) is 4.